The molecule has 1 fully saturated rings. The van der Waals surface area contributed by atoms with Gasteiger partial charge < -0.3 is 5.11 Å². The summed E-state index contributed by atoms with van der Waals surface area (Å²) in [4.78, 5) is 2.52. The van der Waals surface area contributed by atoms with Gasteiger partial charge in [0.15, 0.2) is 0 Å². The molecule has 2 nitrogen and oxygen atoms in total. The predicted molar refractivity (Wildman–Crippen MR) is 83.9 cm³/mol. The summed E-state index contributed by atoms with van der Waals surface area (Å²) in [5.74, 6) is 0.369. The topological polar surface area (TPSA) is 26.3 Å². The number of hydrogen-bond donors (Lipinski definition) is 0. The van der Waals surface area contributed by atoms with Crippen molar-refractivity contribution in [1.82, 2.24) is 4.90 Å². The molecular formula is C19H22KNO. The van der Waals surface area contributed by atoms with E-state index in [0.29, 0.717) is 12.0 Å². The molecule has 0 saturated carbocycles. The fraction of sp³-hybridized carbons (Fsp3) is 0.368. The van der Waals surface area contributed by atoms with E-state index in [2.05, 4.69) is 65.6 Å². The second-order valence-corrected chi connectivity index (χ2v) is 5.87. The van der Waals surface area contributed by atoms with Gasteiger partial charge in [0, 0.05) is 0 Å². The quantitative estimate of drug-likeness (QED) is 0.733. The Balaban J connectivity index is 0.00000176. The molecule has 3 heteroatoms. The van der Waals surface area contributed by atoms with Crippen LogP contribution in [-0.4, -0.2) is 24.6 Å². The van der Waals surface area contributed by atoms with Crippen molar-refractivity contribution in [1.29, 1.82) is 0 Å². The molecule has 1 saturated heterocycles. The van der Waals surface area contributed by atoms with Gasteiger partial charge in [-0.05, 0) is 37.1 Å². The van der Waals surface area contributed by atoms with Gasteiger partial charge in [-0.25, -0.2) is 0 Å². The third-order valence-corrected chi connectivity index (χ3v) is 4.48. The van der Waals surface area contributed by atoms with Crippen molar-refractivity contribution in [2.75, 3.05) is 19.7 Å². The summed E-state index contributed by atoms with van der Waals surface area (Å²) in [5.41, 5.74) is 2.67. The third-order valence-electron chi connectivity index (χ3n) is 4.48. The van der Waals surface area contributed by atoms with E-state index in [4.69, 9.17) is 0 Å². The maximum Gasteiger partial charge on any atom is 1.00 e. The molecule has 0 aromatic heterocycles. The second kappa shape index (κ2) is 9.33. The van der Waals surface area contributed by atoms with Crippen LogP contribution in [0.3, 0.4) is 0 Å². The van der Waals surface area contributed by atoms with Gasteiger partial charge >= 0.3 is 51.4 Å². The van der Waals surface area contributed by atoms with Gasteiger partial charge in [0.2, 0.25) is 0 Å². The summed E-state index contributed by atoms with van der Waals surface area (Å²) in [6.45, 7) is 2.11. The molecule has 1 aliphatic heterocycles. The predicted octanol–water partition coefficient (Wildman–Crippen LogP) is -0.148. The van der Waals surface area contributed by atoms with Crippen molar-refractivity contribution >= 4 is 0 Å². The van der Waals surface area contributed by atoms with Crippen LogP contribution >= 0.6 is 0 Å². The summed E-state index contributed by atoms with van der Waals surface area (Å²) in [6.07, 6.45) is 2.05. The van der Waals surface area contributed by atoms with Gasteiger partial charge in [0.1, 0.15) is 0 Å². The van der Waals surface area contributed by atoms with Crippen LogP contribution in [0.1, 0.15) is 30.0 Å². The molecule has 1 heterocycles. The first-order valence-electron chi connectivity index (χ1n) is 7.80. The maximum atomic E-state index is 11.1. The number of rotatable bonds is 4. The van der Waals surface area contributed by atoms with E-state index in [9.17, 15) is 5.11 Å². The Morgan fingerprint density at radius 3 is 1.73 bits per heavy atom. The van der Waals surface area contributed by atoms with E-state index in [0.717, 1.165) is 25.9 Å². The summed E-state index contributed by atoms with van der Waals surface area (Å²) >= 11 is 0. The summed E-state index contributed by atoms with van der Waals surface area (Å²) < 4.78 is 0. The van der Waals surface area contributed by atoms with Crippen molar-refractivity contribution in [3.63, 3.8) is 0 Å². The third kappa shape index (κ3) is 4.51. The fourth-order valence-electron chi connectivity index (χ4n) is 3.26. The van der Waals surface area contributed by atoms with Crippen molar-refractivity contribution in [3.05, 3.63) is 71.8 Å². The monoisotopic (exact) mass is 319 g/mol. The molecule has 0 spiro atoms. The van der Waals surface area contributed by atoms with Gasteiger partial charge in [-0.2, -0.15) is 0 Å². The minimum absolute atomic E-state index is 0. The maximum absolute atomic E-state index is 11.1. The van der Waals surface area contributed by atoms with E-state index in [1.807, 2.05) is 0 Å². The van der Waals surface area contributed by atoms with E-state index < -0.39 is 0 Å². The Morgan fingerprint density at radius 2 is 1.32 bits per heavy atom. The molecule has 110 valence electrons. The van der Waals surface area contributed by atoms with Gasteiger partial charge in [-0.1, -0.05) is 66.6 Å². The Labute approximate surface area is 176 Å². The first-order chi connectivity index (χ1) is 10.4. The molecular weight excluding hydrogens is 297 g/mol. The molecule has 22 heavy (non-hydrogen) atoms. The van der Waals surface area contributed by atoms with E-state index in [1.54, 1.807) is 0 Å². The summed E-state index contributed by atoms with van der Waals surface area (Å²) in [5, 5.41) is 11.1. The number of likely N-dealkylation sites (tertiary alicyclic amines) is 1. The van der Waals surface area contributed by atoms with Crippen LogP contribution < -0.4 is 56.5 Å². The van der Waals surface area contributed by atoms with E-state index in [1.165, 1.54) is 11.1 Å². The molecule has 2 aromatic rings. The van der Waals surface area contributed by atoms with Crippen molar-refractivity contribution in [2.45, 2.75) is 18.9 Å². The number of nitrogens with zero attached hydrogens (tertiary/aromatic N) is 1. The van der Waals surface area contributed by atoms with Crippen molar-refractivity contribution in [3.8, 4) is 0 Å². The Kier molecular flexibility index (Phi) is 7.78. The Morgan fingerprint density at radius 1 is 0.864 bits per heavy atom. The molecule has 1 aliphatic rings. The SMILES string of the molecule is [K+].[O-]CC1CCN(C(c2ccccc2)c2ccccc2)CC1. The first kappa shape index (κ1) is 18.3. The molecule has 0 unspecified atom stereocenters. The molecule has 3 rings (SSSR count). The number of piperidine rings is 1. The van der Waals surface area contributed by atoms with Crippen LogP contribution in [0.5, 0.6) is 0 Å². The summed E-state index contributed by atoms with van der Waals surface area (Å²) in [6, 6.07) is 21.7. The van der Waals surface area contributed by atoms with Gasteiger partial charge in [-0.15, -0.1) is 6.61 Å². The van der Waals surface area contributed by atoms with Crippen molar-refractivity contribution < 1.29 is 56.5 Å². The van der Waals surface area contributed by atoms with Crippen LogP contribution in [0.25, 0.3) is 0 Å². The fourth-order valence-corrected chi connectivity index (χ4v) is 3.26. The van der Waals surface area contributed by atoms with Gasteiger partial charge in [0.25, 0.3) is 0 Å². The normalized spacial score (nSPS) is 16.5. The van der Waals surface area contributed by atoms with Gasteiger partial charge in [0.05, 0.1) is 6.04 Å². The molecule has 0 amide bonds. The minimum atomic E-state index is 0. The Bertz CT molecular complexity index is 498. The molecule has 0 N–H and O–H groups in total. The molecule has 2 aromatic carbocycles. The zero-order valence-electron chi connectivity index (χ0n) is 13.3. The largest absolute Gasteiger partial charge is 1.00 e. The average Bonchev–Trinajstić information content (AvgIpc) is 2.58. The standard InChI is InChI=1S/C19H22NO.K/c21-15-16-11-13-20(14-12-16)19(17-7-3-1-4-8-17)18-9-5-2-6-10-18;/h1-10,16,19H,11-15H2;/q-1;+1. The number of hydrogen-bond acceptors (Lipinski definition) is 2. The second-order valence-electron chi connectivity index (χ2n) is 5.87. The average molecular weight is 319 g/mol. The first-order valence-corrected chi connectivity index (χ1v) is 7.80. The molecule has 0 radical (unpaired) electrons. The van der Waals surface area contributed by atoms with Crippen LogP contribution in [0.4, 0.5) is 0 Å². The van der Waals surface area contributed by atoms with Crippen LogP contribution in [0.2, 0.25) is 0 Å². The zero-order valence-corrected chi connectivity index (χ0v) is 16.4. The van der Waals surface area contributed by atoms with Crippen molar-refractivity contribution in [2.24, 2.45) is 5.92 Å². The Hall–Kier alpha value is -0.00364. The van der Waals surface area contributed by atoms with Crippen LogP contribution in [0.15, 0.2) is 60.7 Å². The van der Waals surface area contributed by atoms with E-state index >= 15 is 0 Å². The zero-order chi connectivity index (χ0) is 14.5. The summed E-state index contributed by atoms with van der Waals surface area (Å²) in [7, 11) is 0. The van der Waals surface area contributed by atoms with Crippen LogP contribution in [0, 0.1) is 5.92 Å². The van der Waals surface area contributed by atoms with Crippen LogP contribution in [-0.2, 0) is 0 Å². The smallest absolute Gasteiger partial charge is 0.854 e. The number of benzene rings is 2. The molecule has 0 atom stereocenters. The minimum Gasteiger partial charge on any atom is -0.854 e. The van der Waals surface area contributed by atoms with E-state index in [-0.39, 0.29) is 58.0 Å². The molecule has 0 aliphatic carbocycles. The molecule has 0 bridgehead atoms. The van der Waals surface area contributed by atoms with Gasteiger partial charge in [-0.3, -0.25) is 4.90 Å².